The number of rotatable bonds is 5. The van der Waals surface area contributed by atoms with Crippen molar-refractivity contribution in [2.75, 3.05) is 20.1 Å². The summed E-state index contributed by atoms with van der Waals surface area (Å²) >= 11 is 12.2. The van der Waals surface area contributed by atoms with Gasteiger partial charge in [-0.1, -0.05) is 41.4 Å². The van der Waals surface area contributed by atoms with Gasteiger partial charge >= 0.3 is 0 Å². The number of nitrogens with zero attached hydrogens (tertiary/aromatic N) is 2. The standard InChI is InChI=1S/C28H30Cl2N2O4/c1-3-11-32-12-10-27-24-17-5-7-21(33)25(24)36-26(27)20(8-9-28(27,35)22(32)15-17)31(2)23(34)14-16-4-6-18(29)19(30)13-16/h3-7,13,20,22,26,33,35H,1,8-12,14-15H2,2H3/t20-,22-,26+,27+,28-/m1/s1. The maximum absolute atomic E-state index is 13.4. The largest absolute Gasteiger partial charge is 0.504 e. The molecule has 1 spiro atoms. The van der Waals surface area contributed by atoms with Crippen molar-refractivity contribution in [2.24, 2.45) is 0 Å². The molecule has 2 aliphatic carbocycles. The Balaban J connectivity index is 1.38. The van der Waals surface area contributed by atoms with Gasteiger partial charge in [-0.05, 0) is 61.6 Å². The molecule has 6 rings (SSSR count). The summed E-state index contributed by atoms with van der Waals surface area (Å²) in [5.41, 5.74) is 1.14. The fourth-order valence-corrected chi connectivity index (χ4v) is 7.84. The number of likely N-dealkylation sites (N-methyl/N-ethyl adjacent to an activating group) is 1. The molecule has 0 aromatic heterocycles. The molecule has 1 saturated carbocycles. The van der Waals surface area contributed by atoms with Crippen LogP contribution in [0.2, 0.25) is 10.0 Å². The number of likely N-dealkylation sites (tertiary alicyclic amines) is 1. The van der Waals surface area contributed by atoms with Crippen LogP contribution in [0.5, 0.6) is 11.5 Å². The lowest BCUT2D eigenvalue weighted by Gasteiger charge is -2.64. The van der Waals surface area contributed by atoms with Crippen LogP contribution >= 0.6 is 23.2 Å². The lowest BCUT2D eigenvalue weighted by molar-refractivity contribution is -0.198. The number of aliphatic hydroxyl groups is 1. The molecule has 2 N–H and O–H groups in total. The Kier molecular flexibility index (Phi) is 5.61. The van der Waals surface area contributed by atoms with Crippen LogP contribution in [0.25, 0.3) is 0 Å². The van der Waals surface area contributed by atoms with Crippen molar-refractivity contribution in [1.82, 2.24) is 9.80 Å². The fourth-order valence-electron chi connectivity index (χ4n) is 7.52. The molecular weight excluding hydrogens is 499 g/mol. The third-order valence-electron chi connectivity index (χ3n) is 9.14. The summed E-state index contributed by atoms with van der Waals surface area (Å²) in [6.45, 7) is 5.43. The minimum absolute atomic E-state index is 0.0549. The quantitative estimate of drug-likeness (QED) is 0.571. The third-order valence-corrected chi connectivity index (χ3v) is 9.87. The maximum atomic E-state index is 13.4. The molecule has 2 aromatic rings. The van der Waals surface area contributed by atoms with Crippen LogP contribution in [0.1, 0.15) is 36.0 Å². The minimum atomic E-state index is -1.02. The molecule has 6 nitrogen and oxygen atoms in total. The van der Waals surface area contributed by atoms with Gasteiger partial charge in [-0.2, -0.15) is 0 Å². The molecule has 0 unspecified atom stereocenters. The molecule has 1 saturated heterocycles. The summed E-state index contributed by atoms with van der Waals surface area (Å²) in [4.78, 5) is 17.5. The predicted octanol–water partition coefficient (Wildman–Crippen LogP) is 4.11. The summed E-state index contributed by atoms with van der Waals surface area (Å²) in [5.74, 6) is 0.514. The predicted molar refractivity (Wildman–Crippen MR) is 139 cm³/mol. The number of halogens is 2. The smallest absolute Gasteiger partial charge is 0.227 e. The Morgan fingerprint density at radius 1 is 1.28 bits per heavy atom. The number of piperidine rings is 1. The van der Waals surface area contributed by atoms with Crippen LogP contribution in [0.3, 0.4) is 0 Å². The topological polar surface area (TPSA) is 73.2 Å². The molecule has 36 heavy (non-hydrogen) atoms. The monoisotopic (exact) mass is 528 g/mol. The van der Waals surface area contributed by atoms with Gasteiger partial charge < -0.3 is 19.8 Å². The van der Waals surface area contributed by atoms with E-state index in [1.165, 1.54) is 0 Å². The summed E-state index contributed by atoms with van der Waals surface area (Å²) in [5, 5.41) is 24.1. The maximum Gasteiger partial charge on any atom is 0.227 e. The van der Waals surface area contributed by atoms with E-state index in [1.807, 2.05) is 25.3 Å². The number of hydrogen-bond donors (Lipinski definition) is 2. The number of aromatic hydroxyl groups is 1. The zero-order chi connectivity index (χ0) is 25.4. The molecule has 1 amide bonds. The SMILES string of the molecule is C=CCN1CC[C@]23c4c5ccc(O)c4O[C@H]2[C@H](N(C)C(=O)Cc2ccc(Cl)c(Cl)c2)CC[C@@]3(O)[C@H]1C5. The number of hydrogen-bond acceptors (Lipinski definition) is 5. The average molecular weight is 529 g/mol. The highest BCUT2D eigenvalue weighted by molar-refractivity contribution is 6.42. The van der Waals surface area contributed by atoms with Crippen LogP contribution in [0.15, 0.2) is 43.0 Å². The van der Waals surface area contributed by atoms with Crippen molar-refractivity contribution >= 4 is 29.1 Å². The van der Waals surface area contributed by atoms with Crippen molar-refractivity contribution < 1.29 is 19.7 Å². The van der Waals surface area contributed by atoms with E-state index in [4.69, 9.17) is 27.9 Å². The molecule has 2 bridgehead atoms. The molecule has 2 fully saturated rings. The normalized spacial score (nSPS) is 31.9. The number of carbonyl (C=O) groups is 1. The van der Waals surface area contributed by atoms with E-state index in [2.05, 4.69) is 11.5 Å². The van der Waals surface area contributed by atoms with Crippen molar-refractivity contribution in [3.05, 3.63) is 69.7 Å². The first-order chi connectivity index (χ1) is 17.2. The van der Waals surface area contributed by atoms with E-state index in [-0.39, 0.29) is 30.2 Å². The van der Waals surface area contributed by atoms with Crippen LogP contribution in [0, 0.1) is 0 Å². The lowest BCUT2D eigenvalue weighted by atomic mass is 9.48. The summed E-state index contributed by atoms with van der Waals surface area (Å²) in [6.07, 6.45) is 4.17. The number of benzene rings is 2. The molecule has 2 aliphatic heterocycles. The first-order valence-corrected chi connectivity index (χ1v) is 13.3. The van der Waals surface area contributed by atoms with Gasteiger partial charge in [0.2, 0.25) is 5.91 Å². The fraction of sp³-hybridized carbons (Fsp3) is 0.464. The van der Waals surface area contributed by atoms with Gasteiger partial charge in [-0.25, -0.2) is 0 Å². The van der Waals surface area contributed by atoms with E-state index >= 15 is 0 Å². The molecule has 190 valence electrons. The molecule has 2 heterocycles. The van der Waals surface area contributed by atoms with Crippen molar-refractivity contribution in [3.63, 3.8) is 0 Å². The first-order valence-electron chi connectivity index (χ1n) is 12.5. The highest BCUT2D eigenvalue weighted by atomic mass is 35.5. The van der Waals surface area contributed by atoms with E-state index in [9.17, 15) is 15.0 Å². The summed E-state index contributed by atoms with van der Waals surface area (Å²) in [7, 11) is 1.81. The Labute approximate surface area is 221 Å². The van der Waals surface area contributed by atoms with E-state index in [0.29, 0.717) is 48.0 Å². The van der Waals surface area contributed by atoms with Gasteiger partial charge in [0.25, 0.3) is 0 Å². The van der Waals surface area contributed by atoms with E-state index in [0.717, 1.165) is 23.2 Å². The van der Waals surface area contributed by atoms with Gasteiger partial charge in [-0.15, -0.1) is 6.58 Å². The second-order valence-corrected chi connectivity index (χ2v) is 11.5. The number of amides is 1. The molecule has 8 heteroatoms. The number of phenols is 1. The Bertz CT molecular complexity index is 1270. The van der Waals surface area contributed by atoms with Crippen LogP contribution in [-0.4, -0.2) is 69.8 Å². The molecule has 4 aliphatic rings. The van der Waals surface area contributed by atoms with Crippen LogP contribution in [-0.2, 0) is 23.1 Å². The van der Waals surface area contributed by atoms with Crippen LogP contribution in [0.4, 0.5) is 0 Å². The van der Waals surface area contributed by atoms with Gasteiger partial charge in [0.05, 0.1) is 33.5 Å². The Hall–Kier alpha value is -2.25. The highest BCUT2D eigenvalue weighted by Crippen LogP contribution is 2.65. The third kappa shape index (κ3) is 3.14. The lowest BCUT2D eigenvalue weighted by Crippen LogP contribution is -2.78. The molecular formula is C28H30Cl2N2O4. The Morgan fingerprint density at radius 2 is 2.08 bits per heavy atom. The Morgan fingerprint density at radius 3 is 2.83 bits per heavy atom. The molecule has 0 radical (unpaired) electrons. The van der Waals surface area contributed by atoms with Gasteiger partial charge in [0.15, 0.2) is 11.5 Å². The second kappa shape index (κ2) is 8.38. The molecule has 2 aromatic carbocycles. The summed E-state index contributed by atoms with van der Waals surface area (Å²) in [6, 6.07) is 8.57. The number of carbonyl (C=O) groups excluding carboxylic acids is 1. The van der Waals surface area contributed by atoms with Crippen molar-refractivity contribution in [3.8, 4) is 11.5 Å². The molecule has 5 atom stereocenters. The van der Waals surface area contributed by atoms with E-state index in [1.54, 1.807) is 23.1 Å². The van der Waals surface area contributed by atoms with Crippen molar-refractivity contribution in [2.45, 2.75) is 61.3 Å². The van der Waals surface area contributed by atoms with E-state index < -0.39 is 17.1 Å². The number of ether oxygens (including phenoxy) is 1. The van der Waals surface area contributed by atoms with Gasteiger partial charge in [0.1, 0.15) is 6.10 Å². The van der Waals surface area contributed by atoms with Gasteiger partial charge in [-0.3, -0.25) is 9.69 Å². The number of phenolic OH excluding ortho intramolecular Hbond substituents is 1. The first kappa shape index (κ1) is 24.1. The summed E-state index contributed by atoms with van der Waals surface area (Å²) < 4.78 is 6.56. The zero-order valence-corrected chi connectivity index (χ0v) is 21.7. The average Bonchev–Trinajstić information content (AvgIpc) is 3.20. The van der Waals surface area contributed by atoms with Crippen molar-refractivity contribution in [1.29, 1.82) is 0 Å². The van der Waals surface area contributed by atoms with Crippen LogP contribution < -0.4 is 4.74 Å². The van der Waals surface area contributed by atoms with Gasteiger partial charge in [0, 0.05) is 25.2 Å². The zero-order valence-electron chi connectivity index (χ0n) is 20.2. The minimum Gasteiger partial charge on any atom is -0.504 e. The second-order valence-electron chi connectivity index (χ2n) is 10.7. The highest BCUT2D eigenvalue weighted by Gasteiger charge is 2.73.